The second-order valence-electron chi connectivity index (χ2n) is 8.66. The Balaban J connectivity index is 1.47. The second-order valence-corrected chi connectivity index (χ2v) is 9.53. The summed E-state index contributed by atoms with van der Waals surface area (Å²) in [4.78, 5) is 13.2. The molecule has 0 unspecified atom stereocenters. The number of alkyl halides is 3. The van der Waals surface area contributed by atoms with Gasteiger partial charge in [0.2, 0.25) is 5.78 Å². The molecule has 0 N–H and O–H groups in total. The van der Waals surface area contributed by atoms with Crippen molar-refractivity contribution >= 4 is 29.0 Å². The maximum atomic E-state index is 12.3. The third kappa shape index (κ3) is 8.84. The van der Waals surface area contributed by atoms with Crippen LogP contribution >= 0.6 is 23.2 Å². The molecule has 0 radical (unpaired) electrons. The lowest BCUT2D eigenvalue weighted by Crippen LogP contribution is -2.26. The quantitative estimate of drug-likeness (QED) is 0.238. The SMILES string of the molecule is CN(CCOc1ccc(CCC(=O)C(F)(F)F)cc1)CCC(c1ccc(Cl)cc1)c1ccc(Cl)cc1. The fourth-order valence-corrected chi connectivity index (χ4v) is 4.10. The highest BCUT2D eigenvalue weighted by Crippen LogP contribution is 2.30. The Hall–Kier alpha value is -2.54. The van der Waals surface area contributed by atoms with Gasteiger partial charge in [0.25, 0.3) is 0 Å². The first kappa shape index (κ1) is 28.0. The molecule has 8 heteroatoms. The van der Waals surface area contributed by atoms with Crippen molar-refractivity contribution in [2.45, 2.75) is 31.4 Å². The molecule has 0 aromatic heterocycles. The van der Waals surface area contributed by atoms with Crippen molar-refractivity contribution in [1.29, 1.82) is 0 Å². The molecular weight excluding hydrogens is 510 g/mol. The van der Waals surface area contributed by atoms with Crippen LogP contribution in [-0.4, -0.2) is 43.6 Å². The molecule has 0 aliphatic rings. The van der Waals surface area contributed by atoms with Crippen LogP contribution in [0.15, 0.2) is 72.8 Å². The Morgan fingerprint density at radius 3 is 1.89 bits per heavy atom. The Morgan fingerprint density at radius 1 is 0.861 bits per heavy atom. The Bertz CT molecular complexity index is 1060. The lowest BCUT2D eigenvalue weighted by atomic mass is 9.88. The first-order valence-electron chi connectivity index (χ1n) is 11.6. The van der Waals surface area contributed by atoms with E-state index in [1.165, 1.54) is 11.1 Å². The van der Waals surface area contributed by atoms with Crippen molar-refractivity contribution in [3.05, 3.63) is 99.5 Å². The summed E-state index contributed by atoms with van der Waals surface area (Å²) >= 11 is 12.2. The number of Topliss-reactive ketones (excluding diaryl/α,β-unsaturated/α-hetero) is 1. The zero-order chi connectivity index (χ0) is 26.1. The summed E-state index contributed by atoms with van der Waals surface area (Å²) in [5, 5.41) is 1.40. The van der Waals surface area contributed by atoms with Gasteiger partial charge in [0.05, 0.1) is 0 Å². The van der Waals surface area contributed by atoms with E-state index in [0.29, 0.717) is 34.5 Å². The number of hydrogen-bond donors (Lipinski definition) is 0. The highest BCUT2D eigenvalue weighted by Gasteiger charge is 2.37. The van der Waals surface area contributed by atoms with Crippen LogP contribution in [0.1, 0.15) is 35.4 Å². The number of ketones is 1. The molecule has 0 amide bonds. The van der Waals surface area contributed by atoms with Gasteiger partial charge < -0.3 is 9.64 Å². The molecule has 0 fully saturated rings. The molecule has 192 valence electrons. The van der Waals surface area contributed by atoms with E-state index in [0.717, 1.165) is 13.0 Å². The first-order chi connectivity index (χ1) is 17.1. The third-order valence-corrected chi connectivity index (χ3v) is 6.47. The van der Waals surface area contributed by atoms with Crippen molar-refractivity contribution in [2.75, 3.05) is 26.7 Å². The highest BCUT2D eigenvalue weighted by molar-refractivity contribution is 6.30. The lowest BCUT2D eigenvalue weighted by molar-refractivity contribution is -0.171. The molecule has 3 rings (SSSR count). The Kier molecular flexibility index (Phi) is 10.2. The van der Waals surface area contributed by atoms with Crippen LogP contribution in [0.25, 0.3) is 0 Å². The van der Waals surface area contributed by atoms with E-state index in [1.54, 1.807) is 24.3 Å². The molecule has 0 aliphatic carbocycles. The zero-order valence-corrected chi connectivity index (χ0v) is 21.4. The van der Waals surface area contributed by atoms with E-state index < -0.39 is 18.4 Å². The molecule has 3 aromatic rings. The van der Waals surface area contributed by atoms with Crippen molar-refractivity contribution < 1.29 is 22.7 Å². The molecule has 0 aliphatic heterocycles. The second kappa shape index (κ2) is 13.1. The number of aryl methyl sites for hydroxylation is 1. The fraction of sp³-hybridized carbons (Fsp3) is 0.321. The van der Waals surface area contributed by atoms with Gasteiger partial charge in [0.15, 0.2) is 0 Å². The molecule has 0 bridgehead atoms. The summed E-state index contributed by atoms with van der Waals surface area (Å²) in [6.45, 7) is 2.01. The van der Waals surface area contributed by atoms with Crippen molar-refractivity contribution in [3.8, 4) is 5.75 Å². The zero-order valence-electron chi connectivity index (χ0n) is 19.9. The third-order valence-electron chi connectivity index (χ3n) is 5.97. The monoisotopic (exact) mass is 537 g/mol. The van der Waals surface area contributed by atoms with Gasteiger partial charge >= 0.3 is 6.18 Å². The summed E-state index contributed by atoms with van der Waals surface area (Å²) < 4.78 is 42.8. The largest absolute Gasteiger partial charge is 0.492 e. The summed E-state index contributed by atoms with van der Waals surface area (Å²) in [5.41, 5.74) is 3.03. The lowest BCUT2D eigenvalue weighted by Gasteiger charge is -2.23. The van der Waals surface area contributed by atoms with E-state index >= 15 is 0 Å². The normalized spacial score (nSPS) is 11.8. The van der Waals surface area contributed by atoms with E-state index in [2.05, 4.69) is 4.90 Å². The Morgan fingerprint density at radius 2 is 1.39 bits per heavy atom. The number of nitrogens with zero attached hydrogens (tertiary/aromatic N) is 1. The average Bonchev–Trinajstić information content (AvgIpc) is 2.85. The molecule has 0 atom stereocenters. The van der Waals surface area contributed by atoms with Gasteiger partial charge in [-0.2, -0.15) is 13.2 Å². The molecule has 0 heterocycles. The molecule has 36 heavy (non-hydrogen) atoms. The number of likely N-dealkylation sites (N-methyl/N-ethyl adjacent to an activating group) is 1. The van der Waals surface area contributed by atoms with Gasteiger partial charge in [-0.05, 0) is 79.5 Å². The van der Waals surface area contributed by atoms with E-state index in [9.17, 15) is 18.0 Å². The minimum atomic E-state index is -4.78. The van der Waals surface area contributed by atoms with Crippen molar-refractivity contribution in [2.24, 2.45) is 0 Å². The Labute approximate surface area is 219 Å². The van der Waals surface area contributed by atoms with Crippen LogP contribution in [0.5, 0.6) is 5.75 Å². The summed E-state index contributed by atoms with van der Waals surface area (Å²) in [7, 11) is 2.03. The first-order valence-corrected chi connectivity index (χ1v) is 12.4. The summed E-state index contributed by atoms with van der Waals surface area (Å²) in [5.74, 6) is -0.880. The van der Waals surface area contributed by atoms with Crippen molar-refractivity contribution in [3.63, 3.8) is 0 Å². The molecular formula is C28H28Cl2F3NO2. The standard InChI is InChI=1S/C28H28Cl2F3NO2/c1-34(18-19-36-25-13-2-20(3-14-25)4-15-27(35)28(31,32)33)17-16-26(21-5-9-23(29)10-6-21)22-7-11-24(30)12-8-22/h2-3,5-14,26H,4,15-19H2,1H3. The summed E-state index contributed by atoms with van der Waals surface area (Å²) in [6, 6.07) is 22.6. The topological polar surface area (TPSA) is 29.5 Å². The predicted molar refractivity (Wildman–Crippen MR) is 138 cm³/mol. The van der Waals surface area contributed by atoms with Gasteiger partial charge in [-0.1, -0.05) is 59.6 Å². The molecule has 0 spiro atoms. The average molecular weight is 538 g/mol. The maximum absolute atomic E-state index is 12.3. The van der Waals surface area contributed by atoms with Crippen molar-refractivity contribution in [1.82, 2.24) is 4.90 Å². The smallest absolute Gasteiger partial charge is 0.449 e. The minimum Gasteiger partial charge on any atom is -0.492 e. The van der Waals surface area contributed by atoms with E-state index in [1.807, 2.05) is 55.6 Å². The highest BCUT2D eigenvalue weighted by atomic mass is 35.5. The fourth-order valence-electron chi connectivity index (χ4n) is 3.85. The molecule has 3 nitrogen and oxygen atoms in total. The van der Waals surface area contributed by atoms with Crippen LogP contribution in [-0.2, 0) is 11.2 Å². The van der Waals surface area contributed by atoms with Gasteiger partial charge in [-0.3, -0.25) is 4.79 Å². The number of hydrogen-bond acceptors (Lipinski definition) is 3. The number of rotatable bonds is 12. The molecule has 3 aromatic carbocycles. The van der Waals surface area contributed by atoms with Crippen LogP contribution in [0.3, 0.4) is 0 Å². The van der Waals surface area contributed by atoms with Crippen LogP contribution in [0.4, 0.5) is 13.2 Å². The number of benzene rings is 3. The summed E-state index contributed by atoms with van der Waals surface area (Å²) in [6.07, 6.45) is -4.39. The minimum absolute atomic E-state index is 0.0454. The van der Waals surface area contributed by atoms with Gasteiger partial charge in [0, 0.05) is 28.9 Å². The van der Waals surface area contributed by atoms with Gasteiger partial charge in [0.1, 0.15) is 12.4 Å². The van der Waals surface area contributed by atoms with E-state index in [-0.39, 0.29) is 12.3 Å². The number of carbonyl (C=O) groups is 1. The predicted octanol–water partition coefficient (Wildman–Crippen LogP) is 7.59. The number of halogens is 5. The molecule has 0 saturated heterocycles. The maximum Gasteiger partial charge on any atom is 0.449 e. The molecule has 0 saturated carbocycles. The van der Waals surface area contributed by atoms with E-state index in [4.69, 9.17) is 27.9 Å². The van der Waals surface area contributed by atoms with Gasteiger partial charge in [-0.15, -0.1) is 0 Å². The van der Waals surface area contributed by atoms with Crippen LogP contribution in [0, 0.1) is 0 Å². The number of ether oxygens (including phenoxy) is 1. The van der Waals surface area contributed by atoms with Crippen LogP contribution < -0.4 is 4.74 Å². The van der Waals surface area contributed by atoms with Crippen LogP contribution in [0.2, 0.25) is 10.0 Å². The number of carbonyl (C=O) groups excluding carboxylic acids is 1. The van der Waals surface area contributed by atoms with Gasteiger partial charge in [-0.25, -0.2) is 0 Å².